The van der Waals surface area contributed by atoms with Crippen LogP contribution >= 0.6 is 0 Å². The van der Waals surface area contributed by atoms with E-state index >= 15 is 0 Å². The first-order valence-electron chi connectivity index (χ1n) is 11.8. The molecule has 4 aromatic heterocycles. The van der Waals surface area contributed by atoms with Gasteiger partial charge in [0.15, 0.2) is 5.58 Å². The fourth-order valence-electron chi connectivity index (χ4n) is 4.60. The number of aliphatic hydroxyl groups is 1. The summed E-state index contributed by atoms with van der Waals surface area (Å²) in [5, 5.41) is 21.5. The van der Waals surface area contributed by atoms with Crippen molar-refractivity contribution in [1.29, 1.82) is 0 Å². The number of rotatable bonds is 8. The van der Waals surface area contributed by atoms with Crippen LogP contribution in [0.25, 0.3) is 22.3 Å². The largest absolute Gasteiger partial charge is 0.454 e. The van der Waals surface area contributed by atoms with Crippen LogP contribution in [-0.4, -0.2) is 37.9 Å². The molecule has 1 fully saturated rings. The van der Waals surface area contributed by atoms with Gasteiger partial charge in [0.1, 0.15) is 23.0 Å². The van der Waals surface area contributed by atoms with Crippen molar-refractivity contribution in [2.45, 2.75) is 59.0 Å². The predicted octanol–water partition coefficient (Wildman–Crippen LogP) is 4.64. The number of furan rings is 1. The van der Waals surface area contributed by atoms with Gasteiger partial charge in [-0.3, -0.25) is 4.98 Å². The molecule has 0 bridgehead atoms. The summed E-state index contributed by atoms with van der Waals surface area (Å²) in [7, 11) is 0. The van der Waals surface area contributed by atoms with E-state index in [1.807, 2.05) is 26.0 Å². The van der Waals surface area contributed by atoms with Crippen molar-refractivity contribution >= 4 is 22.7 Å². The molecule has 178 valence electrons. The number of aryl methyl sites for hydroxylation is 3. The summed E-state index contributed by atoms with van der Waals surface area (Å²) in [5.74, 6) is 3.02. The molecule has 4 heterocycles. The fraction of sp³-hybridized carbons (Fsp3) is 0.440. The van der Waals surface area contributed by atoms with E-state index in [9.17, 15) is 5.11 Å². The monoisotopic (exact) mass is 462 g/mol. The minimum absolute atomic E-state index is 0.216. The summed E-state index contributed by atoms with van der Waals surface area (Å²) in [6.07, 6.45) is 5.53. The van der Waals surface area contributed by atoms with Crippen LogP contribution in [0.5, 0.6) is 0 Å². The molecule has 9 nitrogen and oxygen atoms in total. The van der Waals surface area contributed by atoms with Crippen LogP contribution in [0.2, 0.25) is 0 Å². The van der Waals surface area contributed by atoms with Gasteiger partial charge in [0, 0.05) is 29.8 Å². The number of anilines is 2. The van der Waals surface area contributed by atoms with Crippen LogP contribution in [0.1, 0.15) is 49.0 Å². The summed E-state index contributed by atoms with van der Waals surface area (Å²) in [5.41, 5.74) is 4.19. The third-order valence-corrected chi connectivity index (χ3v) is 6.40. The van der Waals surface area contributed by atoms with E-state index in [0.29, 0.717) is 24.2 Å². The van der Waals surface area contributed by atoms with E-state index in [-0.39, 0.29) is 12.6 Å². The summed E-state index contributed by atoms with van der Waals surface area (Å²) in [6.45, 7) is 6.58. The second-order valence-corrected chi connectivity index (χ2v) is 9.02. The van der Waals surface area contributed by atoms with E-state index in [1.165, 1.54) is 0 Å². The molecule has 34 heavy (non-hydrogen) atoms. The van der Waals surface area contributed by atoms with Crippen LogP contribution in [0.15, 0.2) is 33.3 Å². The first-order chi connectivity index (χ1) is 16.5. The Kier molecular flexibility index (Phi) is 6.19. The van der Waals surface area contributed by atoms with Crippen LogP contribution in [0.4, 0.5) is 11.8 Å². The van der Waals surface area contributed by atoms with Gasteiger partial charge in [-0.05, 0) is 57.6 Å². The highest BCUT2D eigenvalue weighted by Crippen LogP contribution is 2.36. The number of aromatic nitrogens is 4. The SMILES string of the molecule is CCc1cc2cc(-c3c(C)nc(NCc4cc(C)on4)nc3N[C@H]3CC[C@@H](CO)C3)oc2cn1. The average molecular weight is 463 g/mol. The molecule has 0 spiro atoms. The first-order valence-corrected chi connectivity index (χ1v) is 11.8. The van der Waals surface area contributed by atoms with Crippen molar-refractivity contribution in [3.8, 4) is 11.3 Å². The van der Waals surface area contributed by atoms with E-state index in [4.69, 9.17) is 18.9 Å². The Morgan fingerprint density at radius 1 is 1.12 bits per heavy atom. The molecule has 0 radical (unpaired) electrons. The lowest BCUT2D eigenvalue weighted by Gasteiger charge is -2.18. The van der Waals surface area contributed by atoms with Crippen LogP contribution in [0.3, 0.4) is 0 Å². The van der Waals surface area contributed by atoms with E-state index < -0.39 is 0 Å². The molecule has 3 N–H and O–H groups in total. The van der Waals surface area contributed by atoms with Gasteiger partial charge < -0.3 is 24.7 Å². The highest BCUT2D eigenvalue weighted by molar-refractivity contribution is 5.86. The van der Waals surface area contributed by atoms with Gasteiger partial charge in [-0.15, -0.1) is 0 Å². The Hall–Kier alpha value is -3.46. The Bertz CT molecular complexity index is 1300. The molecule has 0 aliphatic heterocycles. The zero-order valence-corrected chi connectivity index (χ0v) is 19.8. The third-order valence-electron chi connectivity index (χ3n) is 6.40. The molecule has 0 unspecified atom stereocenters. The molecule has 1 saturated carbocycles. The summed E-state index contributed by atoms with van der Waals surface area (Å²) in [6, 6.07) is 6.20. The fourth-order valence-corrected chi connectivity index (χ4v) is 4.60. The van der Waals surface area contributed by atoms with Crippen LogP contribution in [-0.2, 0) is 13.0 Å². The summed E-state index contributed by atoms with van der Waals surface area (Å²) in [4.78, 5) is 14.0. The second kappa shape index (κ2) is 9.42. The Morgan fingerprint density at radius 3 is 2.74 bits per heavy atom. The molecule has 1 aliphatic rings. The Balaban J connectivity index is 1.49. The Morgan fingerprint density at radius 2 is 2.00 bits per heavy atom. The molecular formula is C25H30N6O3. The smallest absolute Gasteiger partial charge is 0.225 e. The van der Waals surface area contributed by atoms with Gasteiger partial charge in [0.2, 0.25) is 5.95 Å². The van der Waals surface area contributed by atoms with Gasteiger partial charge in [-0.1, -0.05) is 12.1 Å². The van der Waals surface area contributed by atoms with Gasteiger partial charge in [0.05, 0.1) is 24.0 Å². The zero-order chi connectivity index (χ0) is 23.7. The summed E-state index contributed by atoms with van der Waals surface area (Å²) >= 11 is 0. The van der Waals surface area contributed by atoms with Gasteiger partial charge in [-0.25, -0.2) is 4.98 Å². The van der Waals surface area contributed by atoms with Crippen molar-refractivity contribution in [3.05, 3.63) is 47.2 Å². The molecule has 2 atom stereocenters. The quantitative estimate of drug-likeness (QED) is 0.344. The highest BCUT2D eigenvalue weighted by Gasteiger charge is 2.27. The minimum atomic E-state index is 0.216. The normalized spacial score (nSPS) is 18.0. The van der Waals surface area contributed by atoms with Crippen molar-refractivity contribution in [3.63, 3.8) is 0 Å². The lowest BCUT2D eigenvalue weighted by Crippen LogP contribution is -2.19. The van der Waals surface area contributed by atoms with Crippen molar-refractivity contribution in [2.24, 2.45) is 5.92 Å². The molecule has 4 aromatic rings. The van der Waals surface area contributed by atoms with Gasteiger partial charge >= 0.3 is 0 Å². The van der Waals surface area contributed by atoms with Gasteiger partial charge in [0.25, 0.3) is 0 Å². The number of fused-ring (bicyclic) bond motifs is 1. The van der Waals surface area contributed by atoms with E-state index in [1.54, 1.807) is 6.20 Å². The standard InChI is InChI=1S/C25H30N6O3/c1-4-18-9-17-10-21(33-22(17)12-26-18)23-15(3)28-25(27-11-20-7-14(2)34-31-20)30-24(23)29-19-6-5-16(8-19)13-32/h7,9-10,12,16,19,32H,4-6,8,11,13H2,1-3H3,(H2,27,28,29,30)/t16-,19+/m1/s1. The topological polar surface area (TPSA) is 122 Å². The number of aliphatic hydroxyl groups excluding tert-OH is 1. The average Bonchev–Trinajstić information content (AvgIpc) is 3.56. The molecule has 0 amide bonds. The van der Waals surface area contributed by atoms with Crippen LogP contribution < -0.4 is 10.6 Å². The number of nitrogens with one attached hydrogen (secondary N) is 2. The van der Waals surface area contributed by atoms with Crippen LogP contribution in [0, 0.1) is 19.8 Å². The number of pyridine rings is 1. The minimum Gasteiger partial charge on any atom is -0.454 e. The van der Waals surface area contributed by atoms with E-state index in [2.05, 4.69) is 33.8 Å². The molecule has 0 saturated heterocycles. The van der Waals surface area contributed by atoms with Crippen molar-refractivity contribution in [1.82, 2.24) is 20.1 Å². The number of hydrogen-bond acceptors (Lipinski definition) is 9. The Labute approximate surface area is 198 Å². The second-order valence-electron chi connectivity index (χ2n) is 9.02. The molecule has 9 heteroatoms. The van der Waals surface area contributed by atoms with Crippen molar-refractivity contribution < 1.29 is 14.0 Å². The zero-order valence-electron chi connectivity index (χ0n) is 19.8. The molecule has 0 aromatic carbocycles. The molecule has 1 aliphatic carbocycles. The lowest BCUT2D eigenvalue weighted by atomic mass is 10.1. The number of hydrogen-bond donors (Lipinski definition) is 3. The van der Waals surface area contributed by atoms with E-state index in [0.717, 1.165) is 70.9 Å². The molecular weight excluding hydrogens is 432 g/mol. The lowest BCUT2D eigenvalue weighted by molar-refractivity contribution is 0.229. The molecule has 5 rings (SSSR count). The maximum Gasteiger partial charge on any atom is 0.225 e. The maximum atomic E-state index is 9.58. The predicted molar refractivity (Wildman–Crippen MR) is 130 cm³/mol. The maximum absolute atomic E-state index is 9.58. The number of nitrogens with zero attached hydrogens (tertiary/aromatic N) is 4. The first kappa shape index (κ1) is 22.3. The van der Waals surface area contributed by atoms with Crippen molar-refractivity contribution in [2.75, 3.05) is 17.2 Å². The highest BCUT2D eigenvalue weighted by atomic mass is 16.5. The third kappa shape index (κ3) is 4.61. The van der Waals surface area contributed by atoms with Gasteiger partial charge in [-0.2, -0.15) is 4.98 Å². The summed E-state index contributed by atoms with van der Waals surface area (Å²) < 4.78 is 11.3.